The van der Waals surface area contributed by atoms with Crippen molar-refractivity contribution in [3.05, 3.63) is 114 Å². The maximum Gasteiger partial charge on any atom is 0.261 e. The van der Waals surface area contributed by atoms with Crippen LogP contribution in [0.5, 0.6) is 5.75 Å². The summed E-state index contributed by atoms with van der Waals surface area (Å²) < 4.78 is 6.09. The van der Waals surface area contributed by atoms with Crippen LogP contribution >= 0.6 is 0 Å². The van der Waals surface area contributed by atoms with E-state index in [0.29, 0.717) is 18.7 Å². The highest BCUT2D eigenvalue weighted by molar-refractivity contribution is 5.90. The van der Waals surface area contributed by atoms with E-state index in [1.54, 1.807) is 4.90 Å². The third kappa shape index (κ3) is 7.00. The van der Waals surface area contributed by atoms with Crippen LogP contribution in [-0.4, -0.2) is 34.9 Å². The lowest BCUT2D eigenvalue weighted by molar-refractivity contribution is -0.143. The molecule has 4 aromatic carbocycles. The molecule has 1 atom stereocenters. The summed E-state index contributed by atoms with van der Waals surface area (Å²) in [5.41, 5.74) is 2.60. The molecule has 0 aliphatic heterocycles. The molecule has 5 nitrogen and oxygen atoms in total. The topological polar surface area (TPSA) is 58.6 Å². The Morgan fingerprint density at radius 2 is 1.50 bits per heavy atom. The number of amides is 2. The summed E-state index contributed by atoms with van der Waals surface area (Å²) in [5.74, 6) is 0.214. The van der Waals surface area contributed by atoms with Gasteiger partial charge in [0.1, 0.15) is 11.8 Å². The third-order valence-corrected chi connectivity index (χ3v) is 6.47. The average Bonchev–Trinajstić information content (AvgIpc) is 2.90. The minimum Gasteiger partial charge on any atom is -0.483 e. The van der Waals surface area contributed by atoms with Gasteiger partial charge in [-0.3, -0.25) is 9.59 Å². The van der Waals surface area contributed by atoms with E-state index in [9.17, 15) is 9.59 Å². The Bertz CT molecular complexity index is 1390. The minimum absolute atomic E-state index is 0.173. The molecule has 5 heteroatoms. The normalized spacial score (nSPS) is 12.1. The predicted molar refractivity (Wildman–Crippen MR) is 153 cm³/mol. The van der Waals surface area contributed by atoms with Crippen molar-refractivity contribution in [1.82, 2.24) is 10.2 Å². The molecule has 0 aliphatic carbocycles. The number of hydrogen-bond donors (Lipinski definition) is 1. The Hall–Kier alpha value is -4.12. The molecule has 0 aliphatic rings. The largest absolute Gasteiger partial charge is 0.483 e. The highest BCUT2D eigenvalue weighted by Crippen LogP contribution is 2.25. The molecule has 0 saturated heterocycles. The first-order valence-corrected chi connectivity index (χ1v) is 13.0. The Balaban J connectivity index is 1.67. The van der Waals surface area contributed by atoms with Crippen molar-refractivity contribution < 1.29 is 14.3 Å². The van der Waals surface area contributed by atoms with Crippen molar-refractivity contribution in [3.8, 4) is 5.75 Å². The summed E-state index contributed by atoms with van der Waals surface area (Å²) in [5, 5.41) is 5.09. The number of rotatable bonds is 9. The zero-order valence-electron chi connectivity index (χ0n) is 22.6. The van der Waals surface area contributed by atoms with E-state index >= 15 is 0 Å². The SMILES string of the molecule is Cc1ccccc1CN(C(=O)COc1cccc2ccccc12)[C@@H](Cc1ccccc1)C(=O)NC(C)(C)C. The van der Waals surface area contributed by atoms with Gasteiger partial charge in [0.25, 0.3) is 5.91 Å². The highest BCUT2D eigenvalue weighted by Gasteiger charge is 2.32. The summed E-state index contributed by atoms with van der Waals surface area (Å²) in [4.78, 5) is 29.2. The molecule has 4 aromatic rings. The Morgan fingerprint density at radius 3 is 2.24 bits per heavy atom. The van der Waals surface area contributed by atoms with E-state index in [1.165, 1.54) is 0 Å². The van der Waals surface area contributed by atoms with Crippen LogP contribution in [0.15, 0.2) is 97.1 Å². The van der Waals surface area contributed by atoms with Gasteiger partial charge in [0.15, 0.2) is 6.61 Å². The van der Waals surface area contributed by atoms with E-state index in [4.69, 9.17) is 4.74 Å². The average molecular weight is 509 g/mol. The number of aryl methyl sites for hydroxylation is 1. The molecule has 0 spiro atoms. The second-order valence-corrected chi connectivity index (χ2v) is 10.7. The minimum atomic E-state index is -0.708. The van der Waals surface area contributed by atoms with Crippen LogP contribution in [0.25, 0.3) is 10.8 Å². The monoisotopic (exact) mass is 508 g/mol. The number of hydrogen-bond acceptors (Lipinski definition) is 3. The molecular weight excluding hydrogens is 472 g/mol. The lowest BCUT2D eigenvalue weighted by Gasteiger charge is -2.34. The molecule has 0 unspecified atom stereocenters. The molecule has 0 fully saturated rings. The second-order valence-electron chi connectivity index (χ2n) is 10.7. The van der Waals surface area contributed by atoms with Crippen molar-refractivity contribution >= 4 is 22.6 Å². The van der Waals surface area contributed by atoms with Gasteiger partial charge in [0.2, 0.25) is 5.91 Å². The zero-order valence-corrected chi connectivity index (χ0v) is 22.6. The number of carbonyl (C=O) groups is 2. The zero-order chi connectivity index (χ0) is 27.1. The number of fused-ring (bicyclic) bond motifs is 1. The van der Waals surface area contributed by atoms with E-state index in [-0.39, 0.29) is 18.4 Å². The fraction of sp³-hybridized carbons (Fsp3) is 0.273. The fourth-order valence-corrected chi connectivity index (χ4v) is 4.52. The Morgan fingerprint density at radius 1 is 0.842 bits per heavy atom. The predicted octanol–water partition coefficient (Wildman–Crippen LogP) is 6.08. The van der Waals surface area contributed by atoms with E-state index in [1.807, 2.05) is 125 Å². The summed E-state index contributed by atoms with van der Waals surface area (Å²) in [7, 11) is 0. The Labute approximate surface area is 225 Å². The molecular formula is C33H36N2O3. The van der Waals surface area contributed by atoms with Crippen molar-refractivity contribution in [2.75, 3.05) is 6.61 Å². The summed E-state index contributed by atoms with van der Waals surface area (Å²) in [6.07, 6.45) is 0.397. The van der Waals surface area contributed by atoms with E-state index in [2.05, 4.69) is 5.32 Å². The van der Waals surface area contributed by atoms with Crippen LogP contribution in [0.3, 0.4) is 0 Å². The maximum absolute atomic E-state index is 13.9. The van der Waals surface area contributed by atoms with Crippen molar-refractivity contribution in [1.29, 1.82) is 0 Å². The first-order chi connectivity index (χ1) is 18.2. The molecule has 0 radical (unpaired) electrons. The molecule has 0 heterocycles. The van der Waals surface area contributed by atoms with E-state index < -0.39 is 11.6 Å². The molecule has 2 amide bonds. The second kappa shape index (κ2) is 12.0. The van der Waals surface area contributed by atoms with Crippen LogP contribution in [0.4, 0.5) is 0 Å². The summed E-state index contributed by atoms with van der Waals surface area (Å²) in [6.45, 7) is 7.99. The van der Waals surface area contributed by atoms with Gasteiger partial charge in [-0.05, 0) is 55.8 Å². The van der Waals surface area contributed by atoms with Crippen molar-refractivity contribution in [2.24, 2.45) is 0 Å². The van der Waals surface area contributed by atoms with E-state index in [0.717, 1.165) is 27.5 Å². The summed E-state index contributed by atoms with van der Waals surface area (Å²) in [6, 6.07) is 30.8. The van der Waals surface area contributed by atoms with Gasteiger partial charge in [-0.25, -0.2) is 0 Å². The van der Waals surface area contributed by atoms with Gasteiger partial charge in [0.05, 0.1) is 0 Å². The van der Waals surface area contributed by atoms with Crippen LogP contribution in [0.1, 0.15) is 37.5 Å². The van der Waals surface area contributed by atoms with Crippen LogP contribution in [0.2, 0.25) is 0 Å². The van der Waals surface area contributed by atoms with Gasteiger partial charge < -0.3 is 15.0 Å². The first-order valence-electron chi connectivity index (χ1n) is 13.0. The Kier molecular flexibility index (Phi) is 8.47. The fourth-order valence-electron chi connectivity index (χ4n) is 4.52. The quantitative estimate of drug-likeness (QED) is 0.298. The standard InChI is InChI=1S/C33H36N2O3/c1-24-13-8-9-17-27(24)22-35(29(32(37)34-33(2,3)4)21-25-14-6-5-7-15-25)31(36)23-38-30-20-12-18-26-16-10-11-19-28(26)30/h5-20,29H,21-23H2,1-4H3,(H,34,37)/t29-/m0/s1. The van der Waals surface area contributed by atoms with Crippen LogP contribution in [-0.2, 0) is 22.6 Å². The summed E-state index contributed by atoms with van der Waals surface area (Å²) >= 11 is 0. The lowest BCUT2D eigenvalue weighted by atomic mass is 10.00. The smallest absolute Gasteiger partial charge is 0.261 e. The third-order valence-electron chi connectivity index (χ3n) is 6.47. The molecule has 196 valence electrons. The number of benzene rings is 4. The number of ether oxygens (including phenoxy) is 1. The van der Waals surface area contributed by atoms with Gasteiger partial charge in [-0.15, -0.1) is 0 Å². The number of carbonyl (C=O) groups excluding carboxylic acids is 2. The molecule has 4 rings (SSSR count). The van der Waals surface area contributed by atoms with Crippen molar-refractivity contribution in [3.63, 3.8) is 0 Å². The van der Waals surface area contributed by atoms with Gasteiger partial charge in [-0.1, -0.05) is 91.0 Å². The van der Waals surface area contributed by atoms with Gasteiger partial charge in [0, 0.05) is 23.9 Å². The van der Waals surface area contributed by atoms with Gasteiger partial charge >= 0.3 is 0 Å². The molecule has 1 N–H and O–H groups in total. The lowest BCUT2D eigenvalue weighted by Crippen LogP contribution is -2.55. The number of nitrogens with one attached hydrogen (secondary N) is 1. The molecule has 38 heavy (non-hydrogen) atoms. The maximum atomic E-state index is 13.9. The van der Waals surface area contributed by atoms with Gasteiger partial charge in [-0.2, -0.15) is 0 Å². The molecule has 0 aromatic heterocycles. The highest BCUT2D eigenvalue weighted by atomic mass is 16.5. The van der Waals surface area contributed by atoms with Crippen LogP contribution in [0, 0.1) is 6.92 Å². The first kappa shape index (κ1) is 26.9. The molecule has 0 bridgehead atoms. The molecule has 0 saturated carbocycles. The van der Waals surface area contributed by atoms with Crippen LogP contribution < -0.4 is 10.1 Å². The van der Waals surface area contributed by atoms with Crippen molar-refractivity contribution in [2.45, 2.75) is 52.2 Å². The number of nitrogens with zero attached hydrogens (tertiary/aromatic N) is 1.